The number of ether oxygens (including phenoxy) is 2. The first kappa shape index (κ1) is 8.97. The van der Waals surface area contributed by atoms with E-state index in [1.54, 1.807) is 0 Å². The maximum Gasteiger partial charge on any atom is 0.158 e. The summed E-state index contributed by atoms with van der Waals surface area (Å²) in [6, 6.07) is 0. The molecule has 0 radical (unpaired) electrons. The van der Waals surface area contributed by atoms with Gasteiger partial charge >= 0.3 is 0 Å². The third-order valence-electron chi connectivity index (χ3n) is 1.70. The molecule has 0 spiro atoms. The van der Waals surface area contributed by atoms with E-state index in [1.807, 2.05) is 0 Å². The first-order chi connectivity index (χ1) is 5.43. The molecule has 0 unspecified atom stereocenters. The van der Waals surface area contributed by atoms with E-state index < -0.39 is 0 Å². The first-order valence-electron chi connectivity index (χ1n) is 4.37. The highest BCUT2D eigenvalue weighted by Gasteiger charge is 2.12. The maximum absolute atomic E-state index is 5.36. The van der Waals surface area contributed by atoms with Gasteiger partial charge in [-0.3, -0.25) is 0 Å². The minimum Gasteiger partial charge on any atom is -0.353 e. The molecule has 1 N–H and O–H groups in total. The Morgan fingerprint density at radius 2 is 2.09 bits per heavy atom. The highest BCUT2D eigenvalue weighted by Crippen LogP contribution is 2.06. The summed E-state index contributed by atoms with van der Waals surface area (Å²) in [4.78, 5) is 0. The van der Waals surface area contributed by atoms with Crippen molar-refractivity contribution in [3.63, 3.8) is 0 Å². The van der Waals surface area contributed by atoms with Crippen LogP contribution in [-0.4, -0.2) is 32.6 Å². The van der Waals surface area contributed by atoms with Crippen molar-refractivity contribution in [3.05, 3.63) is 0 Å². The standard InChI is InChI=1S/C8H17NO2/c1-2-9-5-4-8-10-6-3-7-11-8/h8-9H,2-7H2,1H3. The number of nitrogens with one attached hydrogen (secondary N) is 1. The number of hydrogen-bond acceptors (Lipinski definition) is 3. The quantitative estimate of drug-likeness (QED) is 0.614. The highest BCUT2D eigenvalue weighted by molar-refractivity contribution is 4.53. The lowest BCUT2D eigenvalue weighted by Crippen LogP contribution is -2.28. The Kier molecular flexibility index (Phi) is 4.50. The molecule has 66 valence electrons. The van der Waals surface area contributed by atoms with Gasteiger partial charge in [-0.15, -0.1) is 0 Å². The first-order valence-corrected chi connectivity index (χ1v) is 4.37. The molecular formula is C8H17NO2. The van der Waals surface area contributed by atoms with Gasteiger partial charge in [0.1, 0.15) is 0 Å². The molecule has 0 aliphatic carbocycles. The molecule has 1 heterocycles. The van der Waals surface area contributed by atoms with E-state index in [1.165, 1.54) is 0 Å². The van der Waals surface area contributed by atoms with E-state index in [2.05, 4.69) is 12.2 Å². The van der Waals surface area contributed by atoms with E-state index >= 15 is 0 Å². The molecule has 0 bridgehead atoms. The summed E-state index contributed by atoms with van der Waals surface area (Å²) >= 11 is 0. The van der Waals surface area contributed by atoms with E-state index in [-0.39, 0.29) is 6.29 Å². The molecular weight excluding hydrogens is 142 g/mol. The fraction of sp³-hybridized carbons (Fsp3) is 1.00. The van der Waals surface area contributed by atoms with Crippen LogP contribution in [0, 0.1) is 0 Å². The van der Waals surface area contributed by atoms with Gasteiger partial charge in [0.05, 0.1) is 13.2 Å². The van der Waals surface area contributed by atoms with Gasteiger partial charge in [-0.25, -0.2) is 0 Å². The molecule has 1 fully saturated rings. The van der Waals surface area contributed by atoms with E-state index in [4.69, 9.17) is 9.47 Å². The Hall–Kier alpha value is -0.120. The molecule has 0 atom stereocenters. The summed E-state index contributed by atoms with van der Waals surface area (Å²) in [7, 11) is 0. The normalized spacial score (nSPS) is 20.5. The molecule has 11 heavy (non-hydrogen) atoms. The lowest BCUT2D eigenvalue weighted by molar-refractivity contribution is -0.180. The van der Waals surface area contributed by atoms with Crippen LogP contribution < -0.4 is 5.32 Å². The predicted octanol–water partition coefficient (Wildman–Crippen LogP) is 0.749. The molecule has 0 amide bonds. The molecule has 1 aliphatic rings. The van der Waals surface area contributed by atoms with Crippen molar-refractivity contribution in [2.45, 2.75) is 26.1 Å². The summed E-state index contributed by atoms with van der Waals surface area (Å²) in [5.41, 5.74) is 0. The maximum atomic E-state index is 5.36. The van der Waals surface area contributed by atoms with Gasteiger partial charge in [0.15, 0.2) is 6.29 Å². The van der Waals surface area contributed by atoms with Crippen molar-refractivity contribution in [1.29, 1.82) is 0 Å². The summed E-state index contributed by atoms with van der Waals surface area (Å²) < 4.78 is 10.7. The minimum absolute atomic E-state index is 0.0443. The second-order valence-corrected chi connectivity index (χ2v) is 2.67. The van der Waals surface area contributed by atoms with Gasteiger partial charge in [0.2, 0.25) is 0 Å². The van der Waals surface area contributed by atoms with Crippen LogP contribution in [0.5, 0.6) is 0 Å². The highest BCUT2D eigenvalue weighted by atomic mass is 16.7. The van der Waals surface area contributed by atoms with Crippen LogP contribution in [-0.2, 0) is 9.47 Å². The lowest BCUT2D eigenvalue weighted by Gasteiger charge is -2.22. The van der Waals surface area contributed by atoms with Crippen molar-refractivity contribution in [3.8, 4) is 0 Å². The fourth-order valence-corrected chi connectivity index (χ4v) is 1.10. The van der Waals surface area contributed by atoms with Crippen molar-refractivity contribution in [2.75, 3.05) is 26.3 Å². The predicted molar refractivity (Wildman–Crippen MR) is 43.5 cm³/mol. The molecule has 1 saturated heterocycles. The topological polar surface area (TPSA) is 30.5 Å². The molecule has 3 heteroatoms. The number of rotatable bonds is 4. The van der Waals surface area contributed by atoms with Crippen LogP contribution in [0.15, 0.2) is 0 Å². The molecule has 1 aliphatic heterocycles. The fourth-order valence-electron chi connectivity index (χ4n) is 1.10. The minimum atomic E-state index is 0.0443. The molecule has 0 aromatic rings. The van der Waals surface area contributed by atoms with Crippen molar-refractivity contribution in [1.82, 2.24) is 5.32 Å². The van der Waals surface area contributed by atoms with Gasteiger partial charge < -0.3 is 14.8 Å². The molecule has 3 nitrogen and oxygen atoms in total. The molecule has 0 aromatic carbocycles. The van der Waals surface area contributed by atoms with Crippen LogP contribution in [0.2, 0.25) is 0 Å². The van der Waals surface area contributed by atoms with Gasteiger partial charge in [-0.2, -0.15) is 0 Å². The Bertz CT molecular complexity index is 92.1. The van der Waals surface area contributed by atoms with Crippen molar-refractivity contribution < 1.29 is 9.47 Å². The molecule has 1 rings (SSSR count). The Labute approximate surface area is 68.1 Å². The largest absolute Gasteiger partial charge is 0.353 e. The van der Waals surface area contributed by atoms with E-state index in [9.17, 15) is 0 Å². The Balaban J connectivity index is 1.96. The second-order valence-electron chi connectivity index (χ2n) is 2.67. The smallest absolute Gasteiger partial charge is 0.158 e. The van der Waals surface area contributed by atoms with E-state index in [0.717, 1.165) is 39.1 Å². The number of hydrogen-bond donors (Lipinski definition) is 1. The summed E-state index contributed by atoms with van der Waals surface area (Å²) in [6.45, 7) is 5.82. The second kappa shape index (κ2) is 5.52. The van der Waals surface area contributed by atoms with Gasteiger partial charge in [0, 0.05) is 6.42 Å². The molecule has 0 saturated carbocycles. The monoisotopic (exact) mass is 159 g/mol. The van der Waals surface area contributed by atoms with Crippen LogP contribution in [0.25, 0.3) is 0 Å². The lowest BCUT2D eigenvalue weighted by atomic mass is 10.3. The zero-order chi connectivity index (χ0) is 7.94. The Morgan fingerprint density at radius 3 is 2.73 bits per heavy atom. The summed E-state index contributed by atoms with van der Waals surface area (Å²) in [6.07, 6.45) is 2.05. The van der Waals surface area contributed by atoms with Gasteiger partial charge in [-0.05, 0) is 19.5 Å². The third-order valence-corrected chi connectivity index (χ3v) is 1.70. The third kappa shape index (κ3) is 3.70. The molecule has 0 aromatic heterocycles. The average molecular weight is 159 g/mol. The zero-order valence-electron chi connectivity index (χ0n) is 7.14. The van der Waals surface area contributed by atoms with Crippen LogP contribution in [0.4, 0.5) is 0 Å². The zero-order valence-corrected chi connectivity index (χ0v) is 7.14. The van der Waals surface area contributed by atoms with Gasteiger partial charge in [-0.1, -0.05) is 6.92 Å². The average Bonchev–Trinajstić information content (AvgIpc) is 2.07. The van der Waals surface area contributed by atoms with Gasteiger partial charge in [0.25, 0.3) is 0 Å². The van der Waals surface area contributed by atoms with Crippen molar-refractivity contribution >= 4 is 0 Å². The SMILES string of the molecule is CCNCCC1OCCCO1. The van der Waals surface area contributed by atoms with Crippen LogP contribution >= 0.6 is 0 Å². The van der Waals surface area contributed by atoms with E-state index in [0.29, 0.717) is 0 Å². The summed E-state index contributed by atoms with van der Waals surface area (Å²) in [5.74, 6) is 0. The Morgan fingerprint density at radius 1 is 1.36 bits per heavy atom. The summed E-state index contributed by atoms with van der Waals surface area (Å²) in [5, 5.41) is 3.24. The van der Waals surface area contributed by atoms with Crippen LogP contribution in [0.1, 0.15) is 19.8 Å². The van der Waals surface area contributed by atoms with Crippen LogP contribution in [0.3, 0.4) is 0 Å². The van der Waals surface area contributed by atoms with Crippen molar-refractivity contribution in [2.24, 2.45) is 0 Å².